The van der Waals surface area contributed by atoms with E-state index in [-0.39, 0.29) is 5.91 Å². The van der Waals surface area contributed by atoms with Gasteiger partial charge in [0.15, 0.2) is 4.87 Å². The third-order valence-corrected chi connectivity index (χ3v) is 5.53. The zero-order valence-corrected chi connectivity index (χ0v) is 13.2. The van der Waals surface area contributed by atoms with Crippen molar-refractivity contribution in [2.75, 3.05) is 11.2 Å². The predicted octanol–water partition coefficient (Wildman–Crippen LogP) is 2.58. The highest BCUT2D eigenvalue weighted by Gasteiger charge is 2.62. The van der Waals surface area contributed by atoms with Crippen molar-refractivity contribution in [1.82, 2.24) is 0 Å². The van der Waals surface area contributed by atoms with Gasteiger partial charge >= 0.3 is 0 Å². The molecule has 0 aliphatic carbocycles. The van der Waals surface area contributed by atoms with E-state index in [2.05, 4.69) is 0 Å². The summed E-state index contributed by atoms with van der Waals surface area (Å²) in [6.07, 6.45) is 0.852. The van der Waals surface area contributed by atoms with Gasteiger partial charge in [-0.05, 0) is 31.2 Å². The molecule has 5 heteroatoms. The number of rotatable bonds is 4. The van der Waals surface area contributed by atoms with Crippen LogP contribution in [0, 0.1) is 0 Å². The number of ether oxygens (including phenoxy) is 1. The van der Waals surface area contributed by atoms with Gasteiger partial charge in [-0.1, -0.05) is 36.4 Å². The first kappa shape index (κ1) is 14.8. The molecule has 2 aromatic rings. The van der Waals surface area contributed by atoms with E-state index < -0.39 is 21.8 Å². The van der Waals surface area contributed by atoms with E-state index in [0.29, 0.717) is 5.75 Å². The first-order valence-corrected chi connectivity index (χ1v) is 8.55. The summed E-state index contributed by atoms with van der Waals surface area (Å²) in [5.74, 6) is 0.429. The Morgan fingerprint density at radius 3 is 2.14 bits per heavy atom. The average Bonchev–Trinajstić information content (AvgIpc) is 2.54. The Morgan fingerprint density at radius 1 is 1.05 bits per heavy atom. The Balaban J connectivity index is 1.93. The molecule has 114 valence electrons. The van der Waals surface area contributed by atoms with Gasteiger partial charge < -0.3 is 4.74 Å². The molecule has 4 nitrogen and oxygen atoms in total. The largest absolute Gasteiger partial charge is 0.477 e. The molecule has 1 saturated heterocycles. The van der Waals surface area contributed by atoms with Crippen LogP contribution in [0.1, 0.15) is 6.92 Å². The van der Waals surface area contributed by atoms with Crippen LogP contribution >= 0.6 is 0 Å². The van der Waals surface area contributed by atoms with Gasteiger partial charge in [-0.25, -0.2) is 0 Å². The first-order chi connectivity index (χ1) is 10.5. The Kier molecular flexibility index (Phi) is 3.74. The van der Waals surface area contributed by atoms with Crippen molar-refractivity contribution in [3.8, 4) is 5.75 Å². The van der Waals surface area contributed by atoms with E-state index in [1.807, 2.05) is 48.5 Å². The standard InChI is InChI=1S/C17H17NO3S/c1-17(22(2)20)15(21-14-11-7-4-8-12-14)16(19)18(17)13-9-5-3-6-10-13/h3-12,15H,1-2H3. The third-order valence-electron chi connectivity index (χ3n) is 3.97. The smallest absolute Gasteiger partial charge is 0.272 e. The van der Waals surface area contributed by atoms with Gasteiger partial charge in [-0.15, -0.1) is 0 Å². The van der Waals surface area contributed by atoms with Crippen molar-refractivity contribution in [3.63, 3.8) is 0 Å². The molecule has 3 atom stereocenters. The van der Waals surface area contributed by atoms with Crippen molar-refractivity contribution in [2.24, 2.45) is 0 Å². The van der Waals surface area contributed by atoms with Gasteiger partial charge in [0.2, 0.25) is 6.10 Å². The highest BCUT2D eigenvalue weighted by molar-refractivity contribution is 7.86. The maximum Gasteiger partial charge on any atom is 0.272 e. The Morgan fingerprint density at radius 2 is 1.59 bits per heavy atom. The lowest BCUT2D eigenvalue weighted by atomic mass is 9.97. The van der Waals surface area contributed by atoms with Crippen LogP contribution < -0.4 is 9.64 Å². The van der Waals surface area contributed by atoms with E-state index in [1.165, 1.54) is 0 Å². The van der Waals surface area contributed by atoms with E-state index >= 15 is 0 Å². The first-order valence-electron chi connectivity index (χ1n) is 6.99. The molecule has 2 aromatic carbocycles. The summed E-state index contributed by atoms with van der Waals surface area (Å²) < 4.78 is 18.1. The molecule has 3 rings (SSSR count). The molecular formula is C17H17NO3S. The van der Waals surface area contributed by atoms with E-state index in [4.69, 9.17) is 4.74 Å². The Labute approximate surface area is 132 Å². The maximum atomic E-state index is 12.6. The molecule has 1 aliphatic rings. The molecule has 0 spiro atoms. The highest BCUT2D eigenvalue weighted by Crippen LogP contribution is 2.41. The van der Waals surface area contributed by atoms with Gasteiger partial charge in [-0.3, -0.25) is 13.9 Å². The number of para-hydroxylation sites is 2. The molecule has 0 radical (unpaired) electrons. The molecule has 1 fully saturated rings. The maximum absolute atomic E-state index is 12.6. The lowest BCUT2D eigenvalue weighted by molar-refractivity contribution is -0.135. The number of carbonyl (C=O) groups excluding carboxylic acids is 1. The SMILES string of the molecule is CS(=O)C1(C)C(Oc2ccccc2)C(=O)N1c1ccccc1. The average molecular weight is 315 g/mol. The fourth-order valence-electron chi connectivity index (χ4n) is 2.65. The summed E-state index contributed by atoms with van der Waals surface area (Å²) in [7, 11) is -1.26. The molecule has 0 saturated carbocycles. The molecule has 1 amide bonds. The lowest BCUT2D eigenvalue weighted by Gasteiger charge is -2.53. The van der Waals surface area contributed by atoms with E-state index in [1.54, 1.807) is 30.2 Å². The van der Waals surface area contributed by atoms with Crippen LogP contribution in [0.15, 0.2) is 60.7 Å². The monoisotopic (exact) mass is 315 g/mol. The van der Waals surface area contributed by atoms with Crippen LogP contribution in [-0.2, 0) is 15.6 Å². The molecule has 0 aromatic heterocycles. The van der Waals surface area contributed by atoms with Crippen LogP contribution in [0.25, 0.3) is 0 Å². The summed E-state index contributed by atoms with van der Waals surface area (Å²) in [4.78, 5) is 13.2. The summed E-state index contributed by atoms with van der Waals surface area (Å²) in [6, 6.07) is 18.4. The molecule has 3 unspecified atom stereocenters. The fraction of sp³-hybridized carbons (Fsp3) is 0.235. The number of carbonyl (C=O) groups is 1. The van der Waals surface area contributed by atoms with Gasteiger partial charge in [-0.2, -0.15) is 0 Å². The van der Waals surface area contributed by atoms with Crippen LogP contribution in [0.3, 0.4) is 0 Å². The second-order valence-corrected chi connectivity index (χ2v) is 7.06. The van der Waals surface area contributed by atoms with Crippen LogP contribution in [0.2, 0.25) is 0 Å². The number of anilines is 1. The minimum absolute atomic E-state index is 0.173. The van der Waals surface area contributed by atoms with Gasteiger partial charge in [0.05, 0.1) is 0 Å². The number of amides is 1. The molecule has 0 N–H and O–H groups in total. The van der Waals surface area contributed by atoms with Crippen molar-refractivity contribution in [2.45, 2.75) is 17.9 Å². The van der Waals surface area contributed by atoms with Crippen molar-refractivity contribution < 1.29 is 13.7 Å². The number of hydrogen-bond acceptors (Lipinski definition) is 3. The Bertz CT molecular complexity index is 704. The normalized spacial score (nSPS) is 25.5. The minimum atomic E-state index is -1.26. The van der Waals surface area contributed by atoms with Crippen molar-refractivity contribution in [3.05, 3.63) is 60.7 Å². The fourth-order valence-corrected chi connectivity index (χ4v) is 3.55. The number of nitrogens with zero attached hydrogens (tertiary/aromatic N) is 1. The highest BCUT2D eigenvalue weighted by atomic mass is 32.2. The molecule has 0 bridgehead atoms. The van der Waals surface area contributed by atoms with Crippen molar-refractivity contribution in [1.29, 1.82) is 0 Å². The van der Waals surface area contributed by atoms with Gasteiger partial charge in [0.1, 0.15) is 5.75 Å². The topological polar surface area (TPSA) is 46.6 Å². The molecule has 1 heterocycles. The third kappa shape index (κ3) is 2.22. The quantitative estimate of drug-likeness (QED) is 0.815. The van der Waals surface area contributed by atoms with Crippen molar-refractivity contribution >= 4 is 22.4 Å². The second-order valence-electron chi connectivity index (χ2n) is 5.33. The number of hydrogen-bond donors (Lipinski definition) is 0. The lowest BCUT2D eigenvalue weighted by Crippen LogP contribution is -2.77. The zero-order valence-electron chi connectivity index (χ0n) is 12.4. The zero-order chi connectivity index (χ0) is 15.7. The molecular weight excluding hydrogens is 298 g/mol. The minimum Gasteiger partial charge on any atom is -0.477 e. The van der Waals surface area contributed by atoms with Crippen LogP contribution in [-0.4, -0.2) is 27.3 Å². The number of β-lactam (4-membered cyclic amide) rings is 1. The molecule has 22 heavy (non-hydrogen) atoms. The summed E-state index contributed by atoms with van der Waals surface area (Å²) in [5, 5.41) is 0. The van der Waals surface area contributed by atoms with Gasteiger partial charge in [0.25, 0.3) is 5.91 Å². The number of benzene rings is 2. The predicted molar refractivity (Wildman–Crippen MR) is 87.3 cm³/mol. The summed E-state index contributed by atoms with van der Waals surface area (Å²) in [5.41, 5.74) is 0.734. The summed E-state index contributed by atoms with van der Waals surface area (Å²) in [6.45, 7) is 1.80. The van der Waals surface area contributed by atoms with Gasteiger partial charge in [0, 0.05) is 22.7 Å². The van der Waals surface area contributed by atoms with E-state index in [0.717, 1.165) is 5.69 Å². The molecule has 1 aliphatic heterocycles. The van der Waals surface area contributed by atoms with Crippen LogP contribution in [0.4, 0.5) is 5.69 Å². The second kappa shape index (κ2) is 5.57. The Hall–Kier alpha value is -2.14. The van der Waals surface area contributed by atoms with E-state index in [9.17, 15) is 9.00 Å². The van der Waals surface area contributed by atoms with Crippen LogP contribution in [0.5, 0.6) is 5.75 Å². The summed E-state index contributed by atoms with van der Waals surface area (Å²) >= 11 is 0.